The molecule has 1 saturated heterocycles. The van der Waals surface area contributed by atoms with E-state index in [9.17, 15) is 18.0 Å². The van der Waals surface area contributed by atoms with Gasteiger partial charge in [-0.3, -0.25) is 14.0 Å². The molecule has 1 aliphatic heterocycles. The number of amides is 1. The molecule has 4 aromatic heterocycles. The number of pyridine rings is 1. The summed E-state index contributed by atoms with van der Waals surface area (Å²) in [5.74, 6) is -0.227. The van der Waals surface area contributed by atoms with Crippen LogP contribution in [0.1, 0.15) is 36.7 Å². The van der Waals surface area contributed by atoms with Crippen molar-refractivity contribution in [3.63, 3.8) is 0 Å². The Hall–Kier alpha value is -3.54. The predicted octanol–water partition coefficient (Wildman–Crippen LogP) is 1.27. The van der Waals surface area contributed by atoms with Gasteiger partial charge in [-0.1, -0.05) is 13.0 Å². The average Bonchev–Trinajstić information content (AvgIpc) is 3.44. The molecule has 0 saturated carbocycles. The SMILES string of the molecule is CCCn1c(C(=O)N2CCC(S(=O)(=O)c3nncn3C)CC2)cc2c(=O)n3ccccc3nc21. The second-order valence-corrected chi connectivity index (χ2v) is 10.6. The summed E-state index contributed by atoms with van der Waals surface area (Å²) in [4.78, 5) is 32.9. The van der Waals surface area contributed by atoms with E-state index in [1.807, 2.05) is 13.0 Å². The third-order valence-electron chi connectivity index (χ3n) is 6.34. The summed E-state index contributed by atoms with van der Waals surface area (Å²) in [5.41, 5.74) is 1.18. The quantitative estimate of drug-likeness (QED) is 0.419. The topological polar surface area (TPSA) is 124 Å². The predicted molar refractivity (Wildman–Crippen MR) is 124 cm³/mol. The van der Waals surface area contributed by atoms with Gasteiger partial charge in [0.2, 0.25) is 15.0 Å². The zero-order valence-corrected chi connectivity index (χ0v) is 19.8. The molecule has 12 heteroatoms. The van der Waals surface area contributed by atoms with Crippen LogP contribution in [0.4, 0.5) is 0 Å². The normalized spacial score (nSPS) is 15.4. The number of fused-ring (bicyclic) bond motifs is 2. The number of likely N-dealkylation sites (tertiary alicyclic amines) is 1. The smallest absolute Gasteiger partial charge is 0.270 e. The molecule has 0 unspecified atom stereocenters. The van der Waals surface area contributed by atoms with Crippen LogP contribution in [0.3, 0.4) is 0 Å². The van der Waals surface area contributed by atoms with Gasteiger partial charge in [-0.2, -0.15) is 0 Å². The molecule has 178 valence electrons. The van der Waals surface area contributed by atoms with E-state index < -0.39 is 15.1 Å². The van der Waals surface area contributed by atoms with E-state index in [0.717, 1.165) is 6.42 Å². The number of aromatic nitrogens is 6. The first-order chi connectivity index (χ1) is 16.3. The Labute approximate surface area is 195 Å². The molecule has 0 atom stereocenters. The Balaban J connectivity index is 1.45. The molecule has 1 amide bonds. The molecule has 0 aromatic carbocycles. The molecule has 0 spiro atoms. The number of sulfone groups is 1. The van der Waals surface area contributed by atoms with Crippen LogP contribution >= 0.6 is 0 Å². The number of nitrogens with zero attached hydrogens (tertiary/aromatic N) is 7. The molecule has 1 aliphatic rings. The molecular weight excluding hydrogens is 458 g/mol. The fourth-order valence-electron chi connectivity index (χ4n) is 4.59. The average molecular weight is 484 g/mol. The van der Waals surface area contributed by atoms with E-state index in [-0.39, 0.29) is 16.6 Å². The Morgan fingerprint density at radius 1 is 1.21 bits per heavy atom. The molecule has 5 heterocycles. The van der Waals surface area contributed by atoms with E-state index >= 15 is 0 Å². The first-order valence-electron chi connectivity index (χ1n) is 11.2. The molecule has 4 aromatic rings. The maximum absolute atomic E-state index is 13.5. The lowest BCUT2D eigenvalue weighted by Crippen LogP contribution is -2.43. The minimum absolute atomic E-state index is 0.0565. The van der Waals surface area contributed by atoms with Crippen molar-refractivity contribution in [1.29, 1.82) is 0 Å². The van der Waals surface area contributed by atoms with Crippen molar-refractivity contribution in [1.82, 2.24) is 33.6 Å². The highest BCUT2D eigenvalue weighted by molar-refractivity contribution is 7.91. The van der Waals surface area contributed by atoms with Crippen molar-refractivity contribution >= 4 is 32.4 Å². The molecule has 34 heavy (non-hydrogen) atoms. The van der Waals surface area contributed by atoms with Crippen LogP contribution in [0, 0.1) is 0 Å². The fraction of sp³-hybridized carbons (Fsp3) is 0.409. The van der Waals surface area contributed by atoms with Crippen molar-refractivity contribution in [3.05, 3.63) is 52.8 Å². The zero-order valence-electron chi connectivity index (χ0n) is 19.0. The summed E-state index contributed by atoms with van der Waals surface area (Å²) in [6.45, 7) is 3.12. The number of hydrogen-bond acceptors (Lipinski definition) is 7. The van der Waals surface area contributed by atoms with E-state index in [0.29, 0.717) is 54.9 Å². The van der Waals surface area contributed by atoms with E-state index in [2.05, 4.69) is 15.2 Å². The number of piperidine rings is 1. The van der Waals surface area contributed by atoms with Gasteiger partial charge < -0.3 is 14.0 Å². The van der Waals surface area contributed by atoms with Gasteiger partial charge in [0.25, 0.3) is 11.5 Å². The lowest BCUT2D eigenvalue weighted by Gasteiger charge is -2.31. The van der Waals surface area contributed by atoms with Gasteiger partial charge in [0.1, 0.15) is 23.3 Å². The number of hydrogen-bond donors (Lipinski definition) is 0. The standard InChI is InChI=1S/C22H25N7O4S/c1-3-9-28-17(13-16-19(28)24-18-6-4-5-10-29(18)20(16)30)21(31)27-11-7-15(8-12-27)34(32,33)22-25-23-14-26(22)2/h4-6,10,13-15H,3,7-9,11-12H2,1-2H3. The van der Waals surface area contributed by atoms with Gasteiger partial charge in [-0.05, 0) is 37.5 Å². The summed E-state index contributed by atoms with van der Waals surface area (Å²) in [6.07, 6.45) is 4.39. The summed E-state index contributed by atoms with van der Waals surface area (Å²) in [7, 11) is -2.04. The molecule has 0 radical (unpaired) electrons. The number of aryl methyl sites for hydroxylation is 2. The summed E-state index contributed by atoms with van der Waals surface area (Å²) in [5, 5.41) is 7.13. The highest BCUT2D eigenvalue weighted by Gasteiger charge is 2.36. The maximum Gasteiger partial charge on any atom is 0.270 e. The minimum atomic E-state index is -3.64. The molecule has 0 N–H and O–H groups in total. The van der Waals surface area contributed by atoms with Gasteiger partial charge in [0, 0.05) is 32.9 Å². The Bertz CT molecular complexity index is 1560. The minimum Gasteiger partial charge on any atom is -0.337 e. The van der Waals surface area contributed by atoms with Crippen LogP contribution in [0.25, 0.3) is 16.7 Å². The number of rotatable bonds is 5. The second kappa shape index (κ2) is 8.35. The maximum atomic E-state index is 13.5. The lowest BCUT2D eigenvalue weighted by molar-refractivity contribution is 0.0715. The molecule has 1 fully saturated rings. The molecular formula is C22H25N7O4S. The van der Waals surface area contributed by atoms with Crippen LogP contribution < -0.4 is 5.56 Å². The van der Waals surface area contributed by atoms with Crippen LogP contribution in [0.2, 0.25) is 0 Å². The largest absolute Gasteiger partial charge is 0.337 e. The molecule has 0 aliphatic carbocycles. The van der Waals surface area contributed by atoms with Crippen LogP contribution in [0.15, 0.2) is 46.7 Å². The molecule has 11 nitrogen and oxygen atoms in total. The van der Waals surface area contributed by atoms with Crippen molar-refractivity contribution in [3.8, 4) is 0 Å². The van der Waals surface area contributed by atoms with E-state index in [1.54, 1.807) is 40.9 Å². The van der Waals surface area contributed by atoms with Gasteiger partial charge in [-0.25, -0.2) is 13.4 Å². The third-order valence-corrected chi connectivity index (χ3v) is 8.56. The fourth-order valence-corrected chi connectivity index (χ4v) is 6.33. The Morgan fingerprint density at radius 2 is 1.97 bits per heavy atom. The highest BCUT2D eigenvalue weighted by Crippen LogP contribution is 2.25. The van der Waals surface area contributed by atoms with Crippen LogP contribution in [-0.2, 0) is 23.4 Å². The van der Waals surface area contributed by atoms with E-state index in [4.69, 9.17) is 0 Å². The third kappa shape index (κ3) is 3.49. The second-order valence-electron chi connectivity index (χ2n) is 8.53. The van der Waals surface area contributed by atoms with Gasteiger partial charge in [0.05, 0.1) is 10.6 Å². The Kier molecular flexibility index (Phi) is 5.47. The molecule has 0 bridgehead atoms. The van der Waals surface area contributed by atoms with Crippen LogP contribution in [-0.4, -0.2) is 66.3 Å². The van der Waals surface area contributed by atoms with Crippen molar-refractivity contribution in [2.75, 3.05) is 13.1 Å². The van der Waals surface area contributed by atoms with Crippen molar-refractivity contribution in [2.24, 2.45) is 7.05 Å². The van der Waals surface area contributed by atoms with Crippen LogP contribution in [0.5, 0.6) is 0 Å². The first-order valence-corrected chi connectivity index (χ1v) is 12.8. The van der Waals surface area contributed by atoms with Gasteiger partial charge in [-0.15, -0.1) is 10.2 Å². The van der Waals surface area contributed by atoms with E-state index in [1.165, 1.54) is 15.3 Å². The summed E-state index contributed by atoms with van der Waals surface area (Å²) >= 11 is 0. The number of carbonyl (C=O) groups is 1. The summed E-state index contributed by atoms with van der Waals surface area (Å²) in [6, 6.07) is 6.95. The van der Waals surface area contributed by atoms with Crippen molar-refractivity contribution in [2.45, 2.75) is 43.1 Å². The van der Waals surface area contributed by atoms with Crippen molar-refractivity contribution < 1.29 is 13.2 Å². The number of carbonyl (C=O) groups excluding carboxylic acids is 1. The van der Waals surface area contributed by atoms with Gasteiger partial charge >= 0.3 is 0 Å². The lowest BCUT2D eigenvalue weighted by atomic mass is 10.1. The van der Waals surface area contributed by atoms with Gasteiger partial charge in [0.15, 0.2) is 0 Å². The highest BCUT2D eigenvalue weighted by atomic mass is 32.2. The molecule has 5 rings (SSSR count). The first kappa shape index (κ1) is 22.3. The monoisotopic (exact) mass is 483 g/mol. The Morgan fingerprint density at radius 3 is 2.65 bits per heavy atom. The summed E-state index contributed by atoms with van der Waals surface area (Å²) < 4.78 is 30.6. The zero-order chi connectivity index (χ0) is 24.0.